The summed E-state index contributed by atoms with van der Waals surface area (Å²) in [6.07, 6.45) is 0.311. The molecule has 0 saturated heterocycles. The van der Waals surface area contributed by atoms with Gasteiger partial charge in [-0.1, -0.05) is 71.4 Å². The van der Waals surface area contributed by atoms with Crippen molar-refractivity contribution in [1.82, 2.24) is 15.0 Å². The van der Waals surface area contributed by atoms with Gasteiger partial charge in [-0.25, -0.2) is 0 Å². The molecule has 0 spiro atoms. The average Bonchev–Trinajstić information content (AvgIpc) is 3.27. The molecule has 4 aromatic rings. The van der Waals surface area contributed by atoms with E-state index in [1.165, 1.54) is 0 Å². The van der Waals surface area contributed by atoms with Gasteiger partial charge in [0.2, 0.25) is 17.6 Å². The number of carbonyl (C=O) groups is 1. The highest BCUT2D eigenvalue weighted by molar-refractivity contribution is 6.30. The number of benzene rings is 3. The molecule has 0 aliphatic carbocycles. The maximum atomic E-state index is 13.0. The number of hydrogen-bond acceptors (Lipinski definition) is 4. The van der Waals surface area contributed by atoms with Gasteiger partial charge >= 0.3 is 0 Å². The molecule has 4 rings (SSSR count). The fourth-order valence-electron chi connectivity index (χ4n) is 3.46. The Bertz CT molecular complexity index is 1170. The van der Waals surface area contributed by atoms with Crippen LogP contribution in [0.1, 0.15) is 25.3 Å². The number of hydrogen-bond donors (Lipinski definition) is 0. The van der Waals surface area contributed by atoms with E-state index < -0.39 is 0 Å². The van der Waals surface area contributed by atoms with Crippen molar-refractivity contribution in [2.45, 2.75) is 32.9 Å². The van der Waals surface area contributed by atoms with E-state index in [0.717, 1.165) is 22.3 Å². The SMILES string of the molecule is CC(C)N(Cc1nc(-c2ccc(Cl)cc2)no1)C(=O)Cc1ccc(-c2ccccc2)cc1. The van der Waals surface area contributed by atoms with Crippen LogP contribution in [-0.4, -0.2) is 27.0 Å². The first-order chi connectivity index (χ1) is 15.5. The zero-order chi connectivity index (χ0) is 22.5. The van der Waals surface area contributed by atoms with E-state index in [1.807, 2.05) is 68.4 Å². The molecule has 0 aliphatic heterocycles. The second-order valence-corrected chi connectivity index (χ2v) is 8.31. The van der Waals surface area contributed by atoms with Crippen LogP contribution in [0, 0.1) is 0 Å². The lowest BCUT2D eigenvalue weighted by atomic mass is 10.0. The van der Waals surface area contributed by atoms with Gasteiger partial charge in [0.15, 0.2) is 0 Å². The highest BCUT2D eigenvalue weighted by Gasteiger charge is 2.21. The number of aromatic nitrogens is 2. The van der Waals surface area contributed by atoms with Crippen LogP contribution in [0.2, 0.25) is 5.02 Å². The van der Waals surface area contributed by atoms with Gasteiger partial charge in [-0.05, 0) is 54.8 Å². The topological polar surface area (TPSA) is 59.2 Å². The van der Waals surface area contributed by atoms with Gasteiger partial charge in [0, 0.05) is 16.6 Å². The Morgan fingerprint density at radius 2 is 1.53 bits per heavy atom. The van der Waals surface area contributed by atoms with E-state index in [4.69, 9.17) is 16.1 Å². The molecule has 1 heterocycles. The highest BCUT2D eigenvalue weighted by Crippen LogP contribution is 2.21. The molecule has 32 heavy (non-hydrogen) atoms. The van der Waals surface area contributed by atoms with Gasteiger partial charge < -0.3 is 9.42 Å². The summed E-state index contributed by atoms with van der Waals surface area (Å²) in [5, 5.41) is 4.69. The molecule has 0 aliphatic rings. The Kier molecular flexibility index (Phi) is 6.66. The quantitative estimate of drug-likeness (QED) is 0.348. The zero-order valence-corrected chi connectivity index (χ0v) is 18.8. The lowest BCUT2D eigenvalue weighted by molar-refractivity contribution is -0.133. The van der Waals surface area contributed by atoms with Crippen LogP contribution < -0.4 is 0 Å². The molecule has 5 nitrogen and oxygen atoms in total. The number of halogens is 1. The molecule has 1 amide bonds. The van der Waals surface area contributed by atoms with Gasteiger partial charge in [0.05, 0.1) is 6.42 Å². The van der Waals surface area contributed by atoms with E-state index in [0.29, 0.717) is 23.2 Å². The molecule has 1 aromatic heterocycles. The second kappa shape index (κ2) is 9.79. The van der Waals surface area contributed by atoms with Crippen molar-refractivity contribution < 1.29 is 9.32 Å². The second-order valence-electron chi connectivity index (χ2n) is 7.87. The van der Waals surface area contributed by atoms with Crippen molar-refractivity contribution in [3.05, 3.63) is 95.3 Å². The minimum atomic E-state index is -0.00280. The fourth-order valence-corrected chi connectivity index (χ4v) is 3.59. The van der Waals surface area contributed by atoms with E-state index in [-0.39, 0.29) is 18.5 Å². The minimum absolute atomic E-state index is 0.00280. The molecule has 0 N–H and O–H groups in total. The minimum Gasteiger partial charge on any atom is -0.337 e. The van der Waals surface area contributed by atoms with Gasteiger partial charge in [0.25, 0.3) is 0 Å². The number of amides is 1. The van der Waals surface area contributed by atoms with E-state index >= 15 is 0 Å². The van der Waals surface area contributed by atoms with E-state index in [1.54, 1.807) is 17.0 Å². The Labute approximate surface area is 192 Å². The monoisotopic (exact) mass is 445 g/mol. The van der Waals surface area contributed by atoms with Crippen molar-refractivity contribution in [1.29, 1.82) is 0 Å². The van der Waals surface area contributed by atoms with Crippen LogP contribution in [0.5, 0.6) is 0 Å². The number of carbonyl (C=O) groups excluding carboxylic acids is 1. The maximum absolute atomic E-state index is 13.0. The van der Waals surface area contributed by atoms with Crippen LogP contribution in [0.25, 0.3) is 22.5 Å². The summed E-state index contributed by atoms with van der Waals surface area (Å²) in [4.78, 5) is 19.3. The molecule has 0 atom stereocenters. The van der Waals surface area contributed by atoms with Crippen molar-refractivity contribution in [3.8, 4) is 22.5 Å². The van der Waals surface area contributed by atoms with Gasteiger partial charge in [-0.3, -0.25) is 4.79 Å². The van der Waals surface area contributed by atoms with E-state index in [9.17, 15) is 4.79 Å². The highest BCUT2D eigenvalue weighted by atomic mass is 35.5. The molecule has 0 unspecified atom stereocenters. The molecule has 0 saturated carbocycles. The number of nitrogens with zero attached hydrogens (tertiary/aromatic N) is 3. The summed E-state index contributed by atoms with van der Waals surface area (Å²) in [5.41, 5.74) is 4.06. The van der Waals surface area contributed by atoms with Gasteiger partial charge in [-0.15, -0.1) is 0 Å². The largest absolute Gasteiger partial charge is 0.337 e. The number of rotatable bonds is 7. The third kappa shape index (κ3) is 5.24. The van der Waals surface area contributed by atoms with E-state index in [2.05, 4.69) is 22.3 Å². The Hall–Kier alpha value is -3.44. The fraction of sp³-hybridized carbons (Fsp3) is 0.192. The van der Waals surface area contributed by atoms with Crippen LogP contribution >= 0.6 is 11.6 Å². The van der Waals surface area contributed by atoms with Crippen LogP contribution in [-0.2, 0) is 17.8 Å². The third-order valence-corrected chi connectivity index (χ3v) is 5.49. The average molecular weight is 446 g/mol. The molecule has 0 bridgehead atoms. The smallest absolute Gasteiger partial charge is 0.246 e. The van der Waals surface area contributed by atoms with Crippen LogP contribution in [0.4, 0.5) is 0 Å². The molecular weight excluding hydrogens is 422 g/mol. The first-order valence-corrected chi connectivity index (χ1v) is 10.9. The van der Waals surface area contributed by atoms with Crippen LogP contribution in [0.3, 0.4) is 0 Å². The zero-order valence-electron chi connectivity index (χ0n) is 18.0. The summed E-state index contributed by atoms with van der Waals surface area (Å²) in [6.45, 7) is 4.22. The van der Waals surface area contributed by atoms with Crippen molar-refractivity contribution >= 4 is 17.5 Å². The van der Waals surface area contributed by atoms with Crippen molar-refractivity contribution in [2.75, 3.05) is 0 Å². The summed E-state index contributed by atoms with van der Waals surface area (Å²) in [7, 11) is 0. The molecule has 0 radical (unpaired) electrons. The first-order valence-electron chi connectivity index (χ1n) is 10.5. The molecule has 3 aromatic carbocycles. The summed E-state index contributed by atoms with van der Waals surface area (Å²) in [5.74, 6) is 0.888. The molecular formula is C26H24ClN3O2. The summed E-state index contributed by atoms with van der Waals surface area (Å²) >= 11 is 5.94. The van der Waals surface area contributed by atoms with Gasteiger partial charge in [-0.2, -0.15) is 4.98 Å². The standard InChI is InChI=1S/C26H24ClN3O2/c1-18(2)30(17-24-28-26(29-32-24)22-12-14-23(27)15-13-22)25(31)16-19-8-10-21(11-9-19)20-6-4-3-5-7-20/h3-15,18H,16-17H2,1-2H3. The molecule has 6 heteroatoms. The third-order valence-electron chi connectivity index (χ3n) is 5.24. The van der Waals surface area contributed by atoms with Crippen LogP contribution in [0.15, 0.2) is 83.4 Å². The molecule has 0 fully saturated rings. The Morgan fingerprint density at radius 1 is 0.906 bits per heavy atom. The predicted octanol–water partition coefficient (Wildman–Crippen LogP) is 6.04. The molecule has 162 valence electrons. The lowest BCUT2D eigenvalue weighted by Gasteiger charge is -2.25. The Balaban J connectivity index is 1.44. The lowest BCUT2D eigenvalue weighted by Crippen LogP contribution is -2.37. The maximum Gasteiger partial charge on any atom is 0.246 e. The van der Waals surface area contributed by atoms with Gasteiger partial charge in [0.1, 0.15) is 6.54 Å². The predicted molar refractivity (Wildman–Crippen MR) is 126 cm³/mol. The first kappa shape index (κ1) is 21.8. The summed E-state index contributed by atoms with van der Waals surface area (Å²) < 4.78 is 5.41. The Morgan fingerprint density at radius 3 is 2.19 bits per heavy atom. The normalized spacial score (nSPS) is 11.0. The van der Waals surface area contributed by atoms with Crippen molar-refractivity contribution in [2.24, 2.45) is 0 Å². The van der Waals surface area contributed by atoms with Crippen molar-refractivity contribution in [3.63, 3.8) is 0 Å². The summed E-state index contributed by atoms with van der Waals surface area (Å²) in [6, 6.07) is 25.5.